The number of benzene rings is 1. The van der Waals surface area contributed by atoms with Gasteiger partial charge in [-0.1, -0.05) is 37.6 Å². The Morgan fingerprint density at radius 1 is 1.36 bits per heavy atom. The predicted octanol–water partition coefficient (Wildman–Crippen LogP) is 3.21. The van der Waals surface area contributed by atoms with Crippen LogP contribution in [0.1, 0.15) is 25.0 Å². The fraction of sp³-hybridized carbons (Fsp3) is 0.500. The lowest BCUT2D eigenvalue weighted by Gasteiger charge is -2.21. The van der Waals surface area contributed by atoms with Crippen LogP contribution in [0.15, 0.2) is 18.2 Å². The molecule has 0 unspecified atom stereocenters. The van der Waals surface area contributed by atoms with Gasteiger partial charge in [0.15, 0.2) is 0 Å². The molecule has 0 amide bonds. The first-order valence-electron chi connectivity index (χ1n) is 4.80. The number of aliphatic hydroxyl groups is 1. The number of rotatable bonds is 3. The van der Waals surface area contributed by atoms with Crippen molar-refractivity contribution >= 4 is 11.6 Å². The van der Waals surface area contributed by atoms with Crippen LogP contribution in [0.2, 0.25) is 5.02 Å². The van der Waals surface area contributed by atoms with E-state index in [0.29, 0.717) is 0 Å². The van der Waals surface area contributed by atoms with Crippen molar-refractivity contribution in [3.63, 3.8) is 0 Å². The molecular weight excluding hydrogens is 196 g/mol. The summed E-state index contributed by atoms with van der Waals surface area (Å²) in [6.07, 6.45) is 0.876. The van der Waals surface area contributed by atoms with Crippen molar-refractivity contribution in [1.82, 2.24) is 0 Å². The van der Waals surface area contributed by atoms with Crippen molar-refractivity contribution in [3.05, 3.63) is 34.3 Å². The van der Waals surface area contributed by atoms with Gasteiger partial charge in [0, 0.05) is 11.6 Å². The molecule has 0 aliphatic heterocycles. The summed E-state index contributed by atoms with van der Waals surface area (Å²) in [5.74, 6) is 0. The van der Waals surface area contributed by atoms with E-state index in [1.807, 2.05) is 19.1 Å². The van der Waals surface area contributed by atoms with Crippen molar-refractivity contribution in [2.24, 2.45) is 5.41 Å². The van der Waals surface area contributed by atoms with Crippen LogP contribution >= 0.6 is 11.6 Å². The van der Waals surface area contributed by atoms with Crippen molar-refractivity contribution in [1.29, 1.82) is 0 Å². The first-order valence-corrected chi connectivity index (χ1v) is 5.18. The Morgan fingerprint density at radius 3 is 2.50 bits per heavy atom. The lowest BCUT2D eigenvalue weighted by Crippen LogP contribution is -2.19. The second-order valence-corrected chi connectivity index (χ2v) is 4.99. The molecule has 0 aromatic heterocycles. The maximum absolute atomic E-state index is 9.15. The molecule has 0 fully saturated rings. The molecule has 14 heavy (non-hydrogen) atoms. The van der Waals surface area contributed by atoms with Crippen LogP contribution in [0.5, 0.6) is 0 Å². The summed E-state index contributed by atoms with van der Waals surface area (Å²) in [6, 6.07) is 6.02. The van der Waals surface area contributed by atoms with Gasteiger partial charge in [0.05, 0.1) is 0 Å². The van der Waals surface area contributed by atoms with E-state index >= 15 is 0 Å². The average Bonchev–Trinajstić information content (AvgIpc) is 2.11. The molecule has 1 aromatic carbocycles. The second-order valence-electron chi connectivity index (χ2n) is 4.58. The quantitative estimate of drug-likeness (QED) is 0.816. The van der Waals surface area contributed by atoms with Gasteiger partial charge < -0.3 is 5.11 Å². The van der Waals surface area contributed by atoms with Crippen LogP contribution in [0.25, 0.3) is 0 Å². The maximum atomic E-state index is 9.15. The third kappa shape index (κ3) is 3.00. The van der Waals surface area contributed by atoms with Gasteiger partial charge in [-0.05, 0) is 36.0 Å². The zero-order valence-corrected chi connectivity index (χ0v) is 9.73. The normalized spacial score (nSPS) is 11.8. The number of aliphatic hydroxyl groups excluding tert-OH is 1. The lowest BCUT2D eigenvalue weighted by molar-refractivity contribution is 0.159. The minimum Gasteiger partial charge on any atom is -0.396 e. The molecule has 0 radical (unpaired) electrons. The molecule has 0 atom stereocenters. The molecule has 0 spiro atoms. The summed E-state index contributed by atoms with van der Waals surface area (Å²) in [7, 11) is 0. The van der Waals surface area contributed by atoms with Gasteiger partial charge in [-0.2, -0.15) is 0 Å². The smallest absolute Gasteiger partial charge is 0.0485 e. The van der Waals surface area contributed by atoms with Gasteiger partial charge in [-0.25, -0.2) is 0 Å². The van der Waals surface area contributed by atoms with Gasteiger partial charge in [-0.3, -0.25) is 0 Å². The molecule has 0 saturated heterocycles. The fourth-order valence-corrected chi connectivity index (χ4v) is 1.54. The summed E-state index contributed by atoms with van der Waals surface area (Å²) in [5, 5.41) is 9.95. The highest BCUT2D eigenvalue weighted by Gasteiger charge is 2.17. The molecule has 1 N–H and O–H groups in total. The molecule has 1 aromatic rings. The Hall–Kier alpha value is -0.530. The van der Waals surface area contributed by atoms with Gasteiger partial charge in [0.25, 0.3) is 0 Å². The monoisotopic (exact) mass is 212 g/mol. The SMILES string of the molecule is Cc1cc(CC(C)(C)CO)ccc1Cl. The van der Waals surface area contributed by atoms with Crippen LogP contribution in [0, 0.1) is 12.3 Å². The largest absolute Gasteiger partial charge is 0.396 e. The van der Waals surface area contributed by atoms with E-state index in [1.54, 1.807) is 0 Å². The highest BCUT2D eigenvalue weighted by Crippen LogP contribution is 2.23. The van der Waals surface area contributed by atoms with E-state index in [0.717, 1.165) is 17.0 Å². The van der Waals surface area contributed by atoms with Crippen LogP contribution in [-0.4, -0.2) is 11.7 Å². The van der Waals surface area contributed by atoms with E-state index < -0.39 is 0 Å². The van der Waals surface area contributed by atoms with Crippen LogP contribution < -0.4 is 0 Å². The van der Waals surface area contributed by atoms with Crippen LogP contribution in [0.3, 0.4) is 0 Å². The van der Waals surface area contributed by atoms with Crippen LogP contribution in [0.4, 0.5) is 0 Å². The molecule has 0 heterocycles. The maximum Gasteiger partial charge on any atom is 0.0485 e. The highest BCUT2D eigenvalue weighted by atomic mass is 35.5. The summed E-state index contributed by atoms with van der Waals surface area (Å²) < 4.78 is 0. The summed E-state index contributed by atoms with van der Waals surface area (Å²) in [6.45, 7) is 6.31. The number of halogens is 1. The highest BCUT2D eigenvalue weighted by molar-refractivity contribution is 6.31. The van der Waals surface area contributed by atoms with E-state index in [4.69, 9.17) is 16.7 Å². The zero-order valence-electron chi connectivity index (χ0n) is 8.97. The van der Waals surface area contributed by atoms with Gasteiger partial charge >= 0.3 is 0 Å². The third-order valence-electron chi connectivity index (χ3n) is 2.33. The number of hydrogen-bond acceptors (Lipinski definition) is 1. The second kappa shape index (κ2) is 4.33. The molecule has 0 bridgehead atoms. The Balaban J connectivity index is 2.83. The Bertz CT molecular complexity index is 318. The molecule has 1 rings (SSSR count). The Kier molecular flexibility index (Phi) is 3.57. The summed E-state index contributed by atoms with van der Waals surface area (Å²) >= 11 is 5.94. The average molecular weight is 213 g/mol. The van der Waals surface area contributed by atoms with E-state index in [-0.39, 0.29) is 12.0 Å². The first kappa shape index (κ1) is 11.5. The standard InChI is InChI=1S/C12H17ClO/c1-9-6-10(4-5-11(9)13)7-12(2,3)8-14/h4-6,14H,7-8H2,1-3H3. The van der Waals surface area contributed by atoms with Crippen LogP contribution in [-0.2, 0) is 6.42 Å². The number of hydrogen-bond donors (Lipinski definition) is 1. The van der Waals surface area contributed by atoms with Crippen molar-refractivity contribution < 1.29 is 5.11 Å². The molecule has 78 valence electrons. The van der Waals surface area contributed by atoms with E-state index in [9.17, 15) is 0 Å². The first-order chi connectivity index (χ1) is 6.44. The lowest BCUT2D eigenvalue weighted by atomic mass is 9.86. The topological polar surface area (TPSA) is 20.2 Å². The molecule has 0 aliphatic carbocycles. The minimum atomic E-state index is -0.0553. The van der Waals surface area contributed by atoms with Crippen molar-refractivity contribution in [2.45, 2.75) is 27.2 Å². The number of aryl methyl sites for hydroxylation is 1. The molecule has 0 saturated carbocycles. The van der Waals surface area contributed by atoms with E-state index in [2.05, 4.69) is 19.9 Å². The molecule has 1 nitrogen and oxygen atoms in total. The Morgan fingerprint density at radius 2 is 2.00 bits per heavy atom. The van der Waals surface area contributed by atoms with E-state index in [1.165, 1.54) is 5.56 Å². The van der Waals surface area contributed by atoms with Crippen molar-refractivity contribution in [2.75, 3.05) is 6.61 Å². The fourth-order valence-electron chi connectivity index (χ4n) is 1.43. The zero-order chi connectivity index (χ0) is 10.8. The van der Waals surface area contributed by atoms with Gasteiger partial charge in [0.1, 0.15) is 0 Å². The molecular formula is C12H17ClO. The predicted molar refractivity (Wildman–Crippen MR) is 60.8 cm³/mol. The minimum absolute atomic E-state index is 0.0553. The Labute approximate surface area is 90.7 Å². The summed E-state index contributed by atoms with van der Waals surface area (Å²) in [5.41, 5.74) is 2.27. The van der Waals surface area contributed by atoms with Crippen molar-refractivity contribution in [3.8, 4) is 0 Å². The van der Waals surface area contributed by atoms with Gasteiger partial charge in [-0.15, -0.1) is 0 Å². The molecule has 2 heteroatoms. The summed E-state index contributed by atoms with van der Waals surface area (Å²) in [4.78, 5) is 0. The molecule has 0 aliphatic rings. The third-order valence-corrected chi connectivity index (χ3v) is 2.76. The van der Waals surface area contributed by atoms with Gasteiger partial charge in [0.2, 0.25) is 0 Å².